The van der Waals surface area contributed by atoms with Gasteiger partial charge in [0.2, 0.25) is 17.7 Å². The Morgan fingerprint density at radius 3 is 2.58 bits per heavy atom. The van der Waals surface area contributed by atoms with Crippen LogP contribution in [-0.4, -0.2) is 22.0 Å². The largest absolute Gasteiger partial charge is 0.459 e. The van der Waals surface area contributed by atoms with Gasteiger partial charge in [-0.2, -0.15) is 0 Å². The Labute approximate surface area is 136 Å². The maximum atomic E-state index is 11.7. The highest BCUT2D eigenvalue weighted by Crippen LogP contribution is 2.17. The third-order valence-electron chi connectivity index (χ3n) is 3.11. The third kappa shape index (κ3) is 3.86. The van der Waals surface area contributed by atoms with Gasteiger partial charge in [-0.25, -0.2) is 0 Å². The van der Waals surface area contributed by atoms with Gasteiger partial charge in [0.15, 0.2) is 5.76 Å². The maximum absolute atomic E-state index is 11.7. The van der Waals surface area contributed by atoms with Crippen molar-refractivity contribution in [2.45, 2.75) is 12.8 Å². The van der Waals surface area contributed by atoms with E-state index in [1.54, 1.807) is 6.07 Å². The van der Waals surface area contributed by atoms with Crippen molar-refractivity contribution in [1.29, 1.82) is 0 Å². The van der Waals surface area contributed by atoms with Crippen molar-refractivity contribution >= 4 is 11.8 Å². The van der Waals surface area contributed by atoms with Crippen LogP contribution in [0.3, 0.4) is 0 Å². The first-order chi connectivity index (χ1) is 11.7. The molecular weight excluding hydrogens is 312 g/mol. The number of rotatable bonds is 5. The Kier molecular flexibility index (Phi) is 4.66. The summed E-state index contributed by atoms with van der Waals surface area (Å²) in [7, 11) is 0. The fourth-order valence-corrected chi connectivity index (χ4v) is 1.93. The zero-order valence-corrected chi connectivity index (χ0v) is 12.6. The van der Waals surface area contributed by atoms with Crippen LogP contribution >= 0.6 is 0 Å². The number of nitrogens with zero attached hydrogens (tertiary/aromatic N) is 2. The third-order valence-corrected chi connectivity index (χ3v) is 3.11. The Morgan fingerprint density at radius 2 is 1.83 bits per heavy atom. The first-order valence-corrected chi connectivity index (χ1v) is 7.23. The average Bonchev–Trinajstić information content (AvgIpc) is 3.30. The van der Waals surface area contributed by atoms with Gasteiger partial charge in [0.05, 0.1) is 6.26 Å². The van der Waals surface area contributed by atoms with E-state index in [9.17, 15) is 9.59 Å². The summed E-state index contributed by atoms with van der Waals surface area (Å²) < 4.78 is 10.4. The minimum absolute atomic E-state index is 0.0921. The molecule has 2 heterocycles. The van der Waals surface area contributed by atoms with E-state index in [0.29, 0.717) is 11.8 Å². The molecule has 0 radical (unpaired) electrons. The molecular formula is C16H14N4O4. The fraction of sp³-hybridized carbons (Fsp3) is 0.125. The zero-order chi connectivity index (χ0) is 16.8. The lowest BCUT2D eigenvalue weighted by Gasteiger charge is -2.04. The van der Waals surface area contributed by atoms with Crippen LogP contribution < -0.4 is 10.9 Å². The molecule has 0 spiro atoms. The molecule has 24 heavy (non-hydrogen) atoms. The van der Waals surface area contributed by atoms with Crippen molar-refractivity contribution in [3.05, 3.63) is 60.4 Å². The van der Waals surface area contributed by atoms with E-state index in [1.807, 2.05) is 30.3 Å². The van der Waals surface area contributed by atoms with E-state index in [0.717, 1.165) is 5.56 Å². The van der Waals surface area contributed by atoms with Crippen molar-refractivity contribution in [3.63, 3.8) is 0 Å². The van der Waals surface area contributed by atoms with E-state index in [2.05, 4.69) is 21.0 Å². The van der Waals surface area contributed by atoms with E-state index in [1.165, 1.54) is 12.3 Å². The van der Waals surface area contributed by atoms with Crippen molar-refractivity contribution in [2.24, 2.45) is 0 Å². The van der Waals surface area contributed by atoms with Crippen molar-refractivity contribution in [3.8, 4) is 11.5 Å². The molecule has 122 valence electrons. The fourth-order valence-electron chi connectivity index (χ4n) is 1.93. The van der Waals surface area contributed by atoms with Crippen LogP contribution in [0.4, 0.5) is 0 Å². The molecule has 8 nitrogen and oxygen atoms in total. The molecule has 3 rings (SSSR count). The normalized spacial score (nSPS) is 10.3. The first kappa shape index (κ1) is 15.5. The highest BCUT2D eigenvalue weighted by Gasteiger charge is 2.12. The van der Waals surface area contributed by atoms with E-state index in [4.69, 9.17) is 8.83 Å². The van der Waals surface area contributed by atoms with Crippen molar-refractivity contribution in [2.75, 3.05) is 0 Å². The molecule has 2 amide bonds. The summed E-state index contributed by atoms with van der Waals surface area (Å²) in [5, 5.41) is 7.84. The standard InChI is InChI=1S/C16H14N4O4/c21-13(17-19-15(22)12-7-4-10-23-12)8-9-14-18-20-16(24-14)11-5-2-1-3-6-11/h1-7,10H,8-9H2,(H,17,21)(H,19,22). The monoisotopic (exact) mass is 326 g/mol. The van der Waals surface area contributed by atoms with Gasteiger partial charge in [-0.05, 0) is 24.3 Å². The summed E-state index contributed by atoms with van der Waals surface area (Å²) in [5.41, 5.74) is 5.36. The second kappa shape index (κ2) is 7.23. The predicted octanol–water partition coefficient (Wildman–Crippen LogP) is 1.72. The number of amides is 2. The van der Waals surface area contributed by atoms with Crippen molar-refractivity contribution in [1.82, 2.24) is 21.0 Å². The SMILES string of the molecule is O=C(CCc1nnc(-c2ccccc2)o1)NNC(=O)c1ccco1. The lowest BCUT2D eigenvalue weighted by Crippen LogP contribution is -2.41. The quantitative estimate of drug-likeness (QED) is 0.691. The topological polar surface area (TPSA) is 110 Å². The van der Waals surface area contributed by atoms with Crippen molar-refractivity contribution < 1.29 is 18.4 Å². The lowest BCUT2D eigenvalue weighted by molar-refractivity contribution is -0.121. The molecule has 0 aliphatic heterocycles. The summed E-state index contributed by atoms with van der Waals surface area (Å²) in [6, 6.07) is 12.4. The Balaban J connectivity index is 1.46. The summed E-state index contributed by atoms with van der Waals surface area (Å²) in [6.07, 6.45) is 1.73. The molecule has 0 bridgehead atoms. The number of hydrogen-bond donors (Lipinski definition) is 2. The zero-order valence-electron chi connectivity index (χ0n) is 12.6. The Bertz CT molecular complexity index is 812. The minimum atomic E-state index is -0.530. The second-order valence-corrected chi connectivity index (χ2v) is 4.85. The highest BCUT2D eigenvalue weighted by atomic mass is 16.4. The molecule has 2 N–H and O–H groups in total. The molecule has 0 aliphatic carbocycles. The number of aryl methyl sites for hydroxylation is 1. The summed E-state index contributed by atoms with van der Waals surface area (Å²) in [4.78, 5) is 23.3. The Hall–Kier alpha value is -3.42. The van der Waals surface area contributed by atoms with Gasteiger partial charge < -0.3 is 8.83 Å². The molecule has 0 saturated heterocycles. The lowest BCUT2D eigenvalue weighted by atomic mass is 10.2. The van der Waals surface area contributed by atoms with E-state index < -0.39 is 5.91 Å². The molecule has 0 aliphatic rings. The number of hydrogen-bond acceptors (Lipinski definition) is 6. The number of carbonyl (C=O) groups is 2. The van der Waals surface area contributed by atoms with E-state index in [-0.39, 0.29) is 24.5 Å². The van der Waals surface area contributed by atoms with Crippen LogP contribution in [0, 0.1) is 0 Å². The highest BCUT2D eigenvalue weighted by molar-refractivity contribution is 5.92. The van der Waals surface area contributed by atoms with Gasteiger partial charge in [-0.15, -0.1) is 10.2 Å². The summed E-state index contributed by atoms with van der Waals surface area (Å²) >= 11 is 0. The van der Waals surface area contributed by atoms with Crippen LogP contribution in [-0.2, 0) is 11.2 Å². The summed E-state index contributed by atoms with van der Waals surface area (Å²) in [5.74, 6) is -0.0509. The molecule has 0 saturated carbocycles. The molecule has 0 unspecified atom stereocenters. The van der Waals surface area contributed by atoms with E-state index >= 15 is 0 Å². The second-order valence-electron chi connectivity index (χ2n) is 4.85. The van der Waals surface area contributed by atoms with Crippen LogP contribution in [0.15, 0.2) is 57.6 Å². The number of hydrazine groups is 1. The van der Waals surface area contributed by atoms with Crippen LogP contribution in [0.25, 0.3) is 11.5 Å². The molecule has 3 aromatic rings. The number of aromatic nitrogens is 2. The molecule has 0 fully saturated rings. The van der Waals surface area contributed by atoms with Gasteiger partial charge in [-0.1, -0.05) is 18.2 Å². The van der Waals surface area contributed by atoms with Gasteiger partial charge in [0, 0.05) is 18.4 Å². The summed E-state index contributed by atoms with van der Waals surface area (Å²) in [6.45, 7) is 0. The molecule has 8 heteroatoms. The molecule has 1 aromatic carbocycles. The van der Waals surface area contributed by atoms with Gasteiger partial charge >= 0.3 is 5.91 Å². The molecule has 0 atom stereocenters. The van der Waals surface area contributed by atoms with Gasteiger partial charge in [-0.3, -0.25) is 20.4 Å². The number of furan rings is 1. The average molecular weight is 326 g/mol. The number of carbonyl (C=O) groups excluding carboxylic acids is 2. The van der Waals surface area contributed by atoms with Crippen LogP contribution in [0.5, 0.6) is 0 Å². The minimum Gasteiger partial charge on any atom is -0.459 e. The van der Waals surface area contributed by atoms with Crippen LogP contribution in [0.1, 0.15) is 22.9 Å². The Morgan fingerprint density at radius 1 is 1.00 bits per heavy atom. The smallest absolute Gasteiger partial charge is 0.305 e. The first-order valence-electron chi connectivity index (χ1n) is 7.23. The number of benzene rings is 1. The predicted molar refractivity (Wildman–Crippen MR) is 82.4 cm³/mol. The van der Waals surface area contributed by atoms with Gasteiger partial charge in [0.25, 0.3) is 0 Å². The van der Waals surface area contributed by atoms with Crippen LogP contribution in [0.2, 0.25) is 0 Å². The van der Waals surface area contributed by atoms with Gasteiger partial charge in [0.1, 0.15) is 0 Å². The maximum Gasteiger partial charge on any atom is 0.305 e. The number of nitrogens with one attached hydrogen (secondary N) is 2. The molecule has 2 aromatic heterocycles.